The fourth-order valence-electron chi connectivity index (χ4n) is 2.91. The summed E-state index contributed by atoms with van der Waals surface area (Å²) in [6.45, 7) is 2.43. The Morgan fingerprint density at radius 3 is 2.20 bits per heavy atom. The predicted octanol–water partition coefficient (Wildman–Crippen LogP) is 4.93. The Balaban J connectivity index is 2.31. The van der Waals surface area contributed by atoms with Crippen LogP contribution >= 0.6 is 0 Å². The van der Waals surface area contributed by atoms with Gasteiger partial charge in [0.25, 0.3) is 0 Å². The van der Waals surface area contributed by atoms with Crippen molar-refractivity contribution in [1.29, 1.82) is 5.26 Å². The van der Waals surface area contributed by atoms with Crippen LogP contribution in [-0.4, -0.2) is 17.6 Å². The van der Waals surface area contributed by atoms with E-state index >= 15 is 0 Å². The first-order valence-electron chi connectivity index (χ1n) is 8.15. The molecule has 3 rings (SSSR count). The van der Waals surface area contributed by atoms with Gasteiger partial charge in [-0.2, -0.15) is 5.26 Å². The van der Waals surface area contributed by atoms with Crippen molar-refractivity contribution < 1.29 is 4.74 Å². The third kappa shape index (κ3) is 3.17. The molecule has 0 spiro atoms. The van der Waals surface area contributed by atoms with Crippen LogP contribution in [0, 0.1) is 11.3 Å². The number of hydrogen-bond donors (Lipinski definition) is 0. The Morgan fingerprint density at radius 1 is 1.04 bits per heavy atom. The zero-order chi connectivity index (χ0) is 17.6. The van der Waals surface area contributed by atoms with Crippen LogP contribution in [0.25, 0.3) is 22.4 Å². The second kappa shape index (κ2) is 7.50. The van der Waals surface area contributed by atoms with Gasteiger partial charge in [-0.05, 0) is 18.1 Å². The fraction of sp³-hybridized carbons (Fsp3) is 0.143. The molecular weight excluding hydrogens is 310 g/mol. The van der Waals surface area contributed by atoms with Crippen LogP contribution in [0.15, 0.2) is 65.7 Å². The van der Waals surface area contributed by atoms with E-state index in [4.69, 9.17) is 4.74 Å². The van der Waals surface area contributed by atoms with E-state index in [-0.39, 0.29) is 0 Å². The summed E-state index contributed by atoms with van der Waals surface area (Å²) in [5.74, 6) is 0.591. The van der Waals surface area contributed by atoms with Crippen molar-refractivity contribution in [1.82, 2.24) is 4.57 Å². The Kier molecular flexibility index (Phi) is 4.96. The van der Waals surface area contributed by atoms with Crippen molar-refractivity contribution in [2.75, 3.05) is 6.61 Å². The summed E-state index contributed by atoms with van der Waals surface area (Å²) in [5, 5.41) is 9.82. The van der Waals surface area contributed by atoms with Gasteiger partial charge < -0.3 is 9.30 Å². The van der Waals surface area contributed by atoms with Gasteiger partial charge in [-0.15, -0.1) is 0 Å². The van der Waals surface area contributed by atoms with Gasteiger partial charge in [0.15, 0.2) is 12.2 Å². The van der Waals surface area contributed by atoms with Crippen LogP contribution in [0.4, 0.5) is 5.82 Å². The van der Waals surface area contributed by atoms with Crippen LogP contribution in [0.1, 0.15) is 12.5 Å². The molecule has 0 atom stereocenters. The summed E-state index contributed by atoms with van der Waals surface area (Å²) in [7, 11) is 1.92. The summed E-state index contributed by atoms with van der Waals surface area (Å²) in [4.78, 5) is 4.39. The molecule has 25 heavy (non-hydrogen) atoms. The minimum atomic E-state index is 0.535. The Labute approximate surface area is 147 Å². The normalized spacial score (nSPS) is 10.8. The maximum Gasteiger partial charge on any atom is 0.176 e. The van der Waals surface area contributed by atoms with Gasteiger partial charge in [0.05, 0.1) is 12.3 Å². The maximum absolute atomic E-state index is 9.82. The Hall–Kier alpha value is -3.32. The first-order valence-corrected chi connectivity index (χ1v) is 8.15. The summed E-state index contributed by atoms with van der Waals surface area (Å²) in [6.07, 6.45) is 1.40. The third-order valence-electron chi connectivity index (χ3n) is 4.00. The lowest BCUT2D eigenvalue weighted by molar-refractivity contribution is 0.343. The lowest BCUT2D eigenvalue weighted by atomic mass is 9.98. The van der Waals surface area contributed by atoms with Crippen molar-refractivity contribution in [3.8, 4) is 28.5 Å². The van der Waals surface area contributed by atoms with Crippen molar-refractivity contribution in [2.45, 2.75) is 6.92 Å². The molecule has 124 valence electrons. The average molecular weight is 329 g/mol. The predicted molar refractivity (Wildman–Crippen MR) is 101 cm³/mol. The van der Waals surface area contributed by atoms with Gasteiger partial charge >= 0.3 is 0 Å². The maximum atomic E-state index is 9.82. The summed E-state index contributed by atoms with van der Waals surface area (Å²) in [6, 6.07) is 22.3. The monoisotopic (exact) mass is 329 g/mol. The number of hydrogen-bond acceptors (Lipinski definition) is 3. The van der Waals surface area contributed by atoms with E-state index in [9.17, 15) is 5.26 Å². The van der Waals surface area contributed by atoms with Crippen molar-refractivity contribution in [2.24, 2.45) is 12.0 Å². The van der Waals surface area contributed by atoms with E-state index in [2.05, 4.69) is 11.1 Å². The highest BCUT2D eigenvalue weighted by Crippen LogP contribution is 2.41. The van der Waals surface area contributed by atoms with Crippen LogP contribution in [-0.2, 0) is 11.8 Å². The molecule has 4 heteroatoms. The van der Waals surface area contributed by atoms with Gasteiger partial charge in [0.1, 0.15) is 11.6 Å². The first-order chi connectivity index (χ1) is 12.3. The third-order valence-corrected chi connectivity index (χ3v) is 4.00. The van der Waals surface area contributed by atoms with Crippen LogP contribution in [0.2, 0.25) is 0 Å². The molecule has 0 aliphatic carbocycles. The number of nitrogens with zero attached hydrogens (tertiary/aromatic N) is 3. The molecule has 1 heterocycles. The molecule has 3 aromatic rings. The minimum Gasteiger partial charge on any atom is -0.483 e. The zero-order valence-corrected chi connectivity index (χ0v) is 14.3. The van der Waals surface area contributed by atoms with Crippen molar-refractivity contribution in [3.05, 3.63) is 66.2 Å². The van der Waals surface area contributed by atoms with E-state index in [1.807, 2.05) is 79.2 Å². The minimum absolute atomic E-state index is 0.535. The van der Waals surface area contributed by atoms with Gasteiger partial charge in [-0.25, -0.2) is 4.99 Å². The number of rotatable bonds is 5. The molecule has 0 saturated heterocycles. The fourth-order valence-corrected chi connectivity index (χ4v) is 2.91. The molecule has 0 N–H and O–H groups in total. The molecular formula is C21H19N3O. The Morgan fingerprint density at radius 2 is 1.64 bits per heavy atom. The lowest BCUT2D eigenvalue weighted by Crippen LogP contribution is -1.93. The second-order valence-electron chi connectivity index (χ2n) is 5.51. The van der Waals surface area contributed by atoms with Gasteiger partial charge in [-0.1, -0.05) is 60.7 Å². The molecule has 0 fully saturated rings. The molecule has 0 saturated carbocycles. The van der Waals surface area contributed by atoms with E-state index in [1.54, 1.807) is 0 Å². The molecule has 0 aliphatic rings. The number of aromatic nitrogens is 1. The molecule has 0 aliphatic heterocycles. The lowest BCUT2D eigenvalue weighted by Gasteiger charge is -2.08. The highest BCUT2D eigenvalue weighted by Gasteiger charge is 2.22. The first kappa shape index (κ1) is 16.5. The standard InChI is InChI=1S/C21H19N3O/c1-3-25-15-23-21-18(14-22)19(16-10-6-4-7-11-16)20(24(21)2)17-12-8-5-9-13-17/h4-13,15H,3H2,1-2H3/b23-15+. The number of nitriles is 1. The average Bonchev–Trinajstić information content (AvgIpc) is 2.95. The molecule has 4 nitrogen and oxygen atoms in total. The summed E-state index contributed by atoms with van der Waals surface area (Å²) < 4.78 is 7.19. The van der Waals surface area contributed by atoms with E-state index < -0.39 is 0 Å². The molecule has 0 radical (unpaired) electrons. The van der Waals surface area contributed by atoms with Crippen LogP contribution in [0.5, 0.6) is 0 Å². The SMILES string of the molecule is CCO/C=N/c1c(C#N)c(-c2ccccc2)c(-c2ccccc2)n1C. The number of ether oxygens (including phenoxy) is 1. The summed E-state index contributed by atoms with van der Waals surface area (Å²) >= 11 is 0. The van der Waals surface area contributed by atoms with E-state index in [1.165, 1.54) is 6.40 Å². The van der Waals surface area contributed by atoms with Crippen LogP contribution in [0.3, 0.4) is 0 Å². The molecule has 0 bridgehead atoms. The van der Waals surface area contributed by atoms with Crippen molar-refractivity contribution >= 4 is 12.2 Å². The van der Waals surface area contributed by atoms with Crippen LogP contribution < -0.4 is 0 Å². The second-order valence-corrected chi connectivity index (χ2v) is 5.51. The molecule has 0 unspecified atom stereocenters. The summed E-state index contributed by atoms with van der Waals surface area (Å²) in [5.41, 5.74) is 4.43. The number of aliphatic imine (C=N–C) groups is 1. The molecule has 1 aromatic heterocycles. The quantitative estimate of drug-likeness (QED) is 0.492. The van der Waals surface area contributed by atoms with Gasteiger partial charge in [-0.3, -0.25) is 0 Å². The highest BCUT2D eigenvalue weighted by atomic mass is 16.5. The van der Waals surface area contributed by atoms with Gasteiger partial charge in [0, 0.05) is 12.6 Å². The van der Waals surface area contributed by atoms with E-state index in [0.717, 1.165) is 22.4 Å². The smallest absolute Gasteiger partial charge is 0.176 e. The molecule has 2 aromatic carbocycles. The Bertz CT molecular complexity index is 919. The van der Waals surface area contributed by atoms with Gasteiger partial charge in [0.2, 0.25) is 0 Å². The topological polar surface area (TPSA) is 50.3 Å². The van der Waals surface area contributed by atoms with E-state index in [0.29, 0.717) is 18.0 Å². The largest absolute Gasteiger partial charge is 0.483 e. The number of benzene rings is 2. The highest BCUT2D eigenvalue weighted by molar-refractivity contribution is 5.90. The zero-order valence-electron chi connectivity index (χ0n) is 14.3. The van der Waals surface area contributed by atoms with Crippen molar-refractivity contribution in [3.63, 3.8) is 0 Å². The molecule has 0 amide bonds.